The van der Waals surface area contributed by atoms with E-state index in [2.05, 4.69) is 62.4 Å². The Kier molecular flexibility index (Phi) is 1.94. The highest BCUT2D eigenvalue weighted by atomic mass is 14.3. The maximum absolute atomic E-state index is 2.30. The zero-order valence-electron chi connectivity index (χ0n) is 9.83. The van der Waals surface area contributed by atoms with E-state index in [9.17, 15) is 0 Å². The van der Waals surface area contributed by atoms with Crippen LogP contribution in [-0.4, -0.2) is 0 Å². The van der Waals surface area contributed by atoms with Crippen LogP contribution in [-0.2, 0) is 6.42 Å². The van der Waals surface area contributed by atoms with Crippen molar-refractivity contribution < 1.29 is 0 Å². The summed E-state index contributed by atoms with van der Waals surface area (Å²) in [6.45, 7) is 4.61. The Labute approximate surface area is 97.0 Å². The molecule has 0 bridgehead atoms. The Balaban J connectivity index is 2.21. The van der Waals surface area contributed by atoms with Gasteiger partial charge in [0.2, 0.25) is 0 Å². The van der Waals surface area contributed by atoms with Gasteiger partial charge in [-0.05, 0) is 28.7 Å². The highest BCUT2D eigenvalue weighted by Gasteiger charge is 2.29. The van der Waals surface area contributed by atoms with E-state index in [1.807, 2.05) is 0 Å². The molecule has 3 rings (SSSR count). The second-order valence-corrected chi connectivity index (χ2v) is 5.17. The predicted octanol–water partition coefficient (Wildman–Crippen LogP) is 4.15. The lowest BCUT2D eigenvalue weighted by atomic mass is 9.81. The Morgan fingerprint density at radius 1 is 1.06 bits per heavy atom. The number of hydrogen-bond acceptors (Lipinski definition) is 0. The fourth-order valence-electron chi connectivity index (χ4n) is 2.70. The Morgan fingerprint density at radius 3 is 2.75 bits per heavy atom. The van der Waals surface area contributed by atoms with E-state index < -0.39 is 0 Å². The van der Waals surface area contributed by atoms with Gasteiger partial charge in [0.1, 0.15) is 0 Å². The van der Waals surface area contributed by atoms with Gasteiger partial charge in [-0.2, -0.15) is 0 Å². The van der Waals surface area contributed by atoms with Crippen LogP contribution in [0.25, 0.3) is 5.57 Å². The topological polar surface area (TPSA) is 0 Å². The fraction of sp³-hybridized carbons (Fsp3) is 0.250. The first-order valence-electron chi connectivity index (χ1n) is 5.86. The standard InChI is InChI=1S/C16H16/c1-16(2)10-6-5-9-14-13-8-4-3-7-12(13)11-15(14)16/h3-10H,11H2,1-2H3. The van der Waals surface area contributed by atoms with Gasteiger partial charge in [0.25, 0.3) is 0 Å². The van der Waals surface area contributed by atoms with Crippen molar-refractivity contribution in [1.29, 1.82) is 0 Å². The van der Waals surface area contributed by atoms with E-state index in [0.29, 0.717) is 0 Å². The maximum atomic E-state index is 2.30. The molecule has 0 aliphatic heterocycles. The third-order valence-corrected chi connectivity index (χ3v) is 3.66. The first kappa shape index (κ1) is 9.65. The monoisotopic (exact) mass is 208 g/mol. The van der Waals surface area contributed by atoms with E-state index in [1.54, 1.807) is 5.57 Å². The molecule has 0 unspecified atom stereocenters. The van der Waals surface area contributed by atoms with Crippen molar-refractivity contribution in [3.05, 3.63) is 65.3 Å². The van der Waals surface area contributed by atoms with Crippen LogP contribution >= 0.6 is 0 Å². The highest BCUT2D eigenvalue weighted by molar-refractivity contribution is 5.84. The van der Waals surface area contributed by atoms with E-state index >= 15 is 0 Å². The number of hydrogen-bond donors (Lipinski definition) is 0. The number of rotatable bonds is 0. The molecular formula is C16H16. The first-order chi connectivity index (χ1) is 7.68. The molecular weight excluding hydrogens is 192 g/mol. The van der Waals surface area contributed by atoms with Crippen molar-refractivity contribution in [1.82, 2.24) is 0 Å². The van der Waals surface area contributed by atoms with Crippen molar-refractivity contribution in [2.45, 2.75) is 20.3 Å². The summed E-state index contributed by atoms with van der Waals surface area (Å²) in [4.78, 5) is 0. The van der Waals surface area contributed by atoms with Crippen molar-refractivity contribution in [2.75, 3.05) is 0 Å². The van der Waals surface area contributed by atoms with Crippen LogP contribution in [0.15, 0.2) is 54.1 Å². The minimum Gasteiger partial charge on any atom is -0.0748 e. The minimum absolute atomic E-state index is 0.178. The van der Waals surface area contributed by atoms with Crippen molar-refractivity contribution in [3.63, 3.8) is 0 Å². The summed E-state index contributed by atoms with van der Waals surface area (Å²) in [6, 6.07) is 8.76. The molecule has 0 N–H and O–H groups in total. The molecule has 0 spiro atoms. The quantitative estimate of drug-likeness (QED) is 0.601. The normalized spacial score (nSPS) is 20.6. The van der Waals surface area contributed by atoms with Gasteiger partial charge in [0.05, 0.1) is 0 Å². The van der Waals surface area contributed by atoms with Crippen LogP contribution in [0.3, 0.4) is 0 Å². The van der Waals surface area contributed by atoms with Gasteiger partial charge in [0, 0.05) is 5.41 Å². The number of fused-ring (bicyclic) bond motifs is 2. The Hall–Kier alpha value is -1.56. The molecule has 0 heteroatoms. The molecule has 0 amide bonds. The van der Waals surface area contributed by atoms with E-state index in [1.165, 1.54) is 16.7 Å². The third-order valence-electron chi connectivity index (χ3n) is 3.66. The summed E-state index contributed by atoms with van der Waals surface area (Å²) in [5.41, 5.74) is 6.06. The van der Waals surface area contributed by atoms with Gasteiger partial charge in [-0.25, -0.2) is 0 Å². The molecule has 1 aromatic rings. The Bertz CT molecular complexity index is 525. The smallest absolute Gasteiger partial charge is 0.00499 e. The summed E-state index contributed by atoms with van der Waals surface area (Å²) in [6.07, 6.45) is 9.99. The Morgan fingerprint density at radius 2 is 1.88 bits per heavy atom. The number of benzene rings is 1. The second-order valence-electron chi connectivity index (χ2n) is 5.17. The average Bonchev–Trinajstić information content (AvgIpc) is 2.57. The SMILES string of the molecule is CC1(C)C=CC=CC2=C1Cc1ccccc12. The third kappa shape index (κ3) is 1.30. The lowest BCUT2D eigenvalue weighted by Crippen LogP contribution is -2.11. The van der Waals surface area contributed by atoms with Crippen molar-refractivity contribution in [3.8, 4) is 0 Å². The molecule has 2 aliphatic rings. The molecule has 0 saturated carbocycles. The van der Waals surface area contributed by atoms with E-state index in [0.717, 1.165) is 6.42 Å². The van der Waals surface area contributed by atoms with Gasteiger partial charge < -0.3 is 0 Å². The number of allylic oxidation sites excluding steroid dienone is 6. The van der Waals surface area contributed by atoms with E-state index in [4.69, 9.17) is 0 Å². The van der Waals surface area contributed by atoms with Crippen LogP contribution in [0.2, 0.25) is 0 Å². The van der Waals surface area contributed by atoms with Gasteiger partial charge in [-0.3, -0.25) is 0 Å². The fourth-order valence-corrected chi connectivity index (χ4v) is 2.70. The predicted molar refractivity (Wildman–Crippen MR) is 69.1 cm³/mol. The van der Waals surface area contributed by atoms with Crippen LogP contribution in [0, 0.1) is 5.41 Å². The molecule has 0 radical (unpaired) electrons. The zero-order chi connectivity index (χ0) is 11.2. The van der Waals surface area contributed by atoms with Crippen LogP contribution in [0.1, 0.15) is 25.0 Å². The van der Waals surface area contributed by atoms with Gasteiger partial charge in [-0.15, -0.1) is 0 Å². The molecule has 0 aromatic heterocycles. The zero-order valence-corrected chi connectivity index (χ0v) is 9.83. The summed E-state index contributed by atoms with van der Waals surface area (Å²) in [7, 11) is 0. The van der Waals surface area contributed by atoms with Gasteiger partial charge in [0.15, 0.2) is 0 Å². The van der Waals surface area contributed by atoms with Crippen LogP contribution in [0.4, 0.5) is 0 Å². The molecule has 0 fully saturated rings. The summed E-state index contributed by atoms with van der Waals surface area (Å²) in [5, 5.41) is 0. The van der Waals surface area contributed by atoms with Gasteiger partial charge >= 0.3 is 0 Å². The summed E-state index contributed by atoms with van der Waals surface area (Å²) in [5.74, 6) is 0. The molecule has 0 nitrogen and oxygen atoms in total. The van der Waals surface area contributed by atoms with E-state index in [-0.39, 0.29) is 5.41 Å². The average molecular weight is 208 g/mol. The van der Waals surface area contributed by atoms with Crippen molar-refractivity contribution >= 4 is 5.57 Å². The highest BCUT2D eigenvalue weighted by Crippen LogP contribution is 2.44. The molecule has 0 atom stereocenters. The molecule has 80 valence electrons. The van der Waals surface area contributed by atoms with Crippen molar-refractivity contribution in [2.24, 2.45) is 5.41 Å². The largest absolute Gasteiger partial charge is 0.0748 e. The maximum Gasteiger partial charge on any atom is 0.00499 e. The lowest BCUT2D eigenvalue weighted by molar-refractivity contribution is 0.572. The molecule has 2 aliphatic carbocycles. The lowest BCUT2D eigenvalue weighted by Gasteiger charge is -2.22. The summed E-state index contributed by atoms with van der Waals surface area (Å²) >= 11 is 0. The molecule has 0 heterocycles. The molecule has 1 aromatic carbocycles. The minimum atomic E-state index is 0.178. The van der Waals surface area contributed by atoms with Crippen LogP contribution < -0.4 is 0 Å². The second kappa shape index (κ2) is 3.21. The summed E-state index contributed by atoms with van der Waals surface area (Å²) < 4.78 is 0. The molecule has 0 saturated heterocycles. The van der Waals surface area contributed by atoms with Crippen LogP contribution in [0.5, 0.6) is 0 Å². The first-order valence-corrected chi connectivity index (χ1v) is 5.86. The van der Waals surface area contributed by atoms with Gasteiger partial charge in [-0.1, -0.05) is 62.4 Å². The molecule has 16 heavy (non-hydrogen) atoms.